The van der Waals surface area contributed by atoms with E-state index in [4.69, 9.17) is 4.74 Å². The molecule has 0 bridgehead atoms. The van der Waals surface area contributed by atoms with Gasteiger partial charge in [0.2, 0.25) is 5.91 Å². The standard InChI is InChI=1S/C24H23N5O5S/c1-14-3-8-17-20(11-14)35-22(26-17)15-4-6-16(7-5-15)25-21(30)12-19-23(31)29(9-10-33-19)13-18-24(32)34-27-28(18)2/h3-8,11,19H,9-10,12-13H2,1-2H3,(H-,25,26,27,30,32). The molecule has 11 heteroatoms. The van der Waals surface area contributed by atoms with Crippen LogP contribution in [0.4, 0.5) is 5.69 Å². The Morgan fingerprint density at radius 1 is 1.29 bits per heavy atom. The lowest BCUT2D eigenvalue weighted by Crippen LogP contribution is -2.50. The summed E-state index contributed by atoms with van der Waals surface area (Å²) in [6, 6.07) is 13.6. The van der Waals surface area contributed by atoms with Gasteiger partial charge in [0.25, 0.3) is 11.6 Å². The van der Waals surface area contributed by atoms with Crippen molar-refractivity contribution in [2.24, 2.45) is 7.05 Å². The molecule has 35 heavy (non-hydrogen) atoms. The molecule has 1 unspecified atom stereocenters. The molecule has 1 fully saturated rings. The molecule has 1 aliphatic heterocycles. The minimum absolute atomic E-state index is 0.0476. The minimum atomic E-state index is -0.922. The van der Waals surface area contributed by atoms with Gasteiger partial charge < -0.3 is 24.6 Å². The summed E-state index contributed by atoms with van der Waals surface area (Å²) in [5.41, 5.74) is 3.98. The summed E-state index contributed by atoms with van der Waals surface area (Å²) < 4.78 is 12.6. The Morgan fingerprint density at radius 2 is 2.09 bits per heavy atom. The van der Waals surface area contributed by atoms with E-state index in [1.807, 2.05) is 36.4 Å². The van der Waals surface area contributed by atoms with Crippen LogP contribution in [0.1, 0.15) is 17.7 Å². The first-order valence-corrected chi connectivity index (χ1v) is 11.9. The van der Waals surface area contributed by atoms with Gasteiger partial charge in [0.1, 0.15) is 17.7 Å². The van der Waals surface area contributed by atoms with E-state index >= 15 is 0 Å². The number of fused-ring (bicyclic) bond motifs is 1. The van der Waals surface area contributed by atoms with Crippen LogP contribution >= 0.6 is 11.3 Å². The Kier molecular flexibility index (Phi) is 6.18. The van der Waals surface area contributed by atoms with Gasteiger partial charge in [0.15, 0.2) is 13.0 Å². The van der Waals surface area contributed by atoms with Crippen molar-refractivity contribution in [3.05, 3.63) is 53.7 Å². The second kappa shape index (κ2) is 9.43. The fourth-order valence-corrected chi connectivity index (χ4v) is 4.97. The van der Waals surface area contributed by atoms with E-state index in [0.717, 1.165) is 20.8 Å². The SMILES string of the molecule is Cc1ccc2nc(-c3ccc(NC(=O)CC4OCCN(Cc5c([O-])on[n+]5C)C4=O)cc3)sc2c1. The molecule has 1 aliphatic rings. The van der Waals surface area contributed by atoms with Gasteiger partial charge in [-0.15, -0.1) is 11.3 Å². The number of hydrogen-bond acceptors (Lipinski definition) is 8. The van der Waals surface area contributed by atoms with E-state index in [9.17, 15) is 14.7 Å². The maximum atomic E-state index is 12.8. The number of morpholine rings is 1. The first-order chi connectivity index (χ1) is 16.9. The molecule has 1 N–H and O–H groups in total. The van der Waals surface area contributed by atoms with Gasteiger partial charge in [0, 0.05) is 17.8 Å². The summed E-state index contributed by atoms with van der Waals surface area (Å²) in [6.07, 6.45) is -1.05. The van der Waals surface area contributed by atoms with E-state index in [1.165, 1.54) is 15.1 Å². The first kappa shape index (κ1) is 22.9. The van der Waals surface area contributed by atoms with Crippen LogP contribution in [-0.4, -0.2) is 46.2 Å². The van der Waals surface area contributed by atoms with Crippen molar-refractivity contribution in [2.45, 2.75) is 26.0 Å². The zero-order valence-corrected chi connectivity index (χ0v) is 20.0. The highest BCUT2D eigenvalue weighted by Gasteiger charge is 2.33. The second-order valence-electron chi connectivity index (χ2n) is 8.37. The number of amides is 2. The van der Waals surface area contributed by atoms with Crippen LogP contribution in [0.15, 0.2) is 47.0 Å². The number of nitrogens with one attached hydrogen (secondary N) is 1. The number of anilines is 1. The van der Waals surface area contributed by atoms with Crippen LogP contribution in [0.5, 0.6) is 5.95 Å². The number of ether oxygens (including phenoxy) is 1. The number of nitrogens with zero attached hydrogens (tertiary/aromatic N) is 4. The Labute approximate surface area is 204 Å². The predicted octanol–water partition coefficient (Wildman–Crippen LogP) is 1.91. The van der Waals surface area contributed by atoms with Gasteiger partial charge in [-0.1, -0.05) is 10.7 Å². The molecule has 180 valence electrons. The number of hydrogen-bond donors (Lipinski definition) is 1. The maximum Gasteiger partial charge on any atom is 0.252 e. The van der Waals surface area contributed by atoms with Crippen LogP contribution in [-0.2, 0) is 27.9 Å². The number of aromatic nitrogens is 3. The third-order valence-electron chi connectivity index (χ3n) is 5.81. The minimum Gasteiger partial charge on any atom is -0.539 e. The number of carbonyl (C=O) groups is 2. The van der Waals surface area contributed by atoms with Gasteiger partial charge >= 0.3 is 0 Å². The highest BCUT2D eigenvalue weighted by Crippen LogP contribution is 2.31. The molecule has 2 aromatic carbocycles. The monoisotopic (exact) mass is 493 g/mol. The van der Waals surface area contributed by atoms with Gasteiger partial charge in [-0.25, -0.2) is 4.98 Å². The summed E-state index contributed by atoms with van der Waals surface area (Å²) in [5, 5.41) is 19.0. The number of benzene rings is 2. The lowest BCUT2D eigenvalue weighted by atomic mass is 10.1. The highest BCUT2D eigenvalue weighted by atomic mass is 32.1. The van der Waals surface area contributed by atoms with Gasteiger partial charge in [0.05, 0.1) is 28.5 Å². The number of aryl methyl sites for hydroxylation is 2. The first-order valence-electron chi connectivity index (χ1n) is 11.1. The molecule has 0 radical (unpaired) electrons. The van der Waals surface area contributed by atoms with Crippen LogP contribution in [0.3, 0.4) is 0 Å². The fraction of sp³-hybridized carbons (Fsp3) is 0.292. The topological polar surface area (TPSA) is 124 Å². The molecule has 2 amide bonds. The molecular weight excluding hydrogens is 470 g/mol. The Balaban J connectivity index is 1.20. The van der Waals surface area contributed by atoms with Crippen molar-refractivity contribution in [1.82, 2.24) is 15.2 Å². The summed E-state index contributed by atoms with van der Waals surface area (Å²) in [5.74, 6) is -1.28. The normalized spacial score (nSPS) is 16.1. The van der Waals surface area contributed by atoms with Crippen molar-refractivity contribution < 1.29 is 28.6 Å². The molecule has 1 atom stereocenters. The van der Waals surface area contributed by atoms with Gasteiger partial charge in [-0.05, 0) is 48.9 Å². The van der Waals surface area contributed by atoms with Crippen LogP contribution in [0.25, 0.3) is 20.8 Å². The number of thiazole rings is 1. The third kappa shape index (κ3) is 4.86. The van der Waals surface area contributed by atoms with Crippen LogP contribution in [0.2, 0.25) is 0 Å². The largest absolute Gasteiger partial charge is 0.539 e. The lowest BCUT2D eigenvalue weighted by molar-refractivity contribution is -0.746. The Hall–Kier alpha value is -3.83. The molecule has 0 saturated carbocycles. The molecule has 2 aromatic heterocycles. The zero-order chi connectivity index (χ0) is 24.5. The third-order valence-corrected chi connectivity index (χ3v) is 6.88. The lowest BCUT2D eigenvalue weighted by Gasteiger charge is -2.31. The molecule has 10 nitrogen and oxygen atoms in total. The predicted molar refractivity (Wildman–Crippen MR) is 125 cm³/mol. The van der Waals surface area contributed by atoms with Crippen molar-refractivity contribution in [2.75, 3.05) is 18.5 Å². The molecule has 1 saturated heterocycles. The fourth-order valence-electron chi connectivity index (χ4n) is 3.91. The van der Waals surface area contributed by atoms with Crippen molar-refractivity contribution in [3.8, 4) is 16.5 Å². The molecule has 0 aliphatic carbocycles. The average molecular weight is 494 g/mol. The van der Waals surface area contributed by atoms with E-state index in [1.54, 1.807) is 18.4 Å². The maximum absolute atomic E-state index is 12.8. The molecule has 4 aromatic rings. The summed E-state index contributed by atoms with van der Waals surface area (Å²) >= 11 is 1.62. The zero-order valence-electron chi connectivity index (χ0n) is 19.2. The van der Waals surface area contributed by atoms with E-state index in [0.29, 0.717) is 12.2 Å². The quantitative estimate of drug-likeness (QED) is 0.407. The Morgan fingerprint density at radius 3 is 2.83 bits per heavy atom. The summed E-state index contributed by atoms with van der Waals surface area (Å²) in [6.45, 7) is 2.68. The number of rotatable bonds is 6. The average Bonchev–Trinajstić information content (AvgIpc) is 3.40. The summed E-state index contributed by atoms with van der Waals surface area (Å²) in [4.78, 5) is 31.6. The number of carbonyl (C=O) groups excluding carboxylic acids is 2. The van der Waals surface area contributed by atoms with Crippen molar-refractivity contribution in [3.63, 3.8) is 0 Å². The smallest absolute Gasteiger partial charge is 0.252 e. The molecule has 3 heterocycles. The van der Waals surface area contributed by atoms with Crippen LogP contribution in [0, 0.1) is 6.92 Å². The summed E-state index contributed by atoms with van der Waals surface area (Å²) in [7, 11) is 1.57. The second-order valence-corrected chi connectivity index (χ2v) is 9.40. The molecular formula is C24H23N5O5S. The van der Waals surface area contributed by atoms with Crippen molar-refractivity contribution in [1.29, 1.82) is 0 Å². The van der Waals surface area contributed by atoms with Crippen molar-refractivity contribution >= 4 is 39.1 Å². The van der Waals surface area contributed by atoms with Gasteiger partial charge in [-0.3, -0.25) is 9.59 Å². The van der Waals surface area contributed by atoms with E-state index < -0.39 is 12.1 Å². The van der Waals surface area contributed by atoms with Gasteiger partial charge in [-0.2, -0.15) is 0 Å². The highest BCUT2D eigenvalue weighted by molar-refractivity contribution is 7.21. The molecule has 5 rings (SSSR count). The van der Waals surface area contributed by atoms with E-state index in [-0.39, 0.29) is 37.1 Å². The molecule has 0 spiro atoms. The Bertz CT molecular complexity index is 1380. The van der Waals surface area contributed by atoms with Crippen LogP contribution < -0.4 is 15.1 Å². The van der Waals surface area contributed by atoms with E-state index in [2.05, 4.69) is 33.1 Å².